The fourth-order valence-electron chi connectivity index (χ4n) is 2.51. The Balaban J connectivity index is 2.12. The molecule has 17 heavy (non-hydrogen) atoms. The van der Waals surface area contributed by atoms with E-state index in [4.69, 9.17) is 4.74 Å². The van der Waals surface area contributed by atoms with Crippen molar-refractivity contribution in [2.75, 3.05) is 7.11 Å². The maximum absolute atomic E-state index is 11.3. The van der Waals surface area contributed by atoms with Crippen molar-refractivity contribution in [3.8, 4) is 0 Å². The van der Waals surface area contributed by atoms with Crippen LogP contribution in [0.5, 0.6) is 0 Å². The van der Waals surface area contributed by atoms with Gasteiger partial charge in [0.15, 0.2) is 5.78 Å². The largest absolute Gasteiger partial charge is 0.374 e. The van der Waals surface area contributed by atoms with Crippen molar-refractivity contribution in [2.45, 2.75) is 45.1 Å². The Labute approximate surface area is 106 Å². The fraction of sp³-hybridized carbons (Fsp3) is 0.692. The van der Waals surface area contributed by atoms with Gasteiger partial charge in [0.2, 0.25) is 0 Å². The molecule has 1 aliphatic carbocycles. The Morgan fingerprint density at radius 2 is 2.18 bits per heavy atom. The first-order valence-electron chi connectivity index (χ1n) is 6.22. The number of aromatic nitrogens is 1. The van der Waals surface area contributed by atoms with E-state index >= 15 is 0 Å². The predicted molar refractivity (Wildman–Crippen MR) is 68.4 cm³/mol. The average molecular weight is 253 g/mol. The standard InChI is InChI=1S/C13H19NO2S/c1-9(15)11-8-14-13(17-11)12(16-2)10-6-4-3-5-7-10/h8,10,12H,3-7H2,1-2H3. The molecular weight excluding hydrogens is 234 g/mol. The molecule has 1 aliphatic rings. The molecule has 1 aromatic rings. The monoisotopic (exact) mass is 253 g/mol. The summed E-state index contributed by atoms with van der Waals surface area (Å²) in [6, 6.07) is 0. The highest BCUT2D eigenvalue weighted by Gasteiger charge is 2.27. The van der Waals surface area contributed by atoms with Crippen LogP contribution < -0.4 is 0 Å². The third-order valence-electron chi connectivity index (χ3n) is 3.45. The lowest BCUT2D eigenvalue weighted by Crippen LogP contribution is -2.17. The molecule has 1 unspecified atom stereocenters. The Kier molecular flexibility index (Phi) is 4.29. The Bertz CT molecular complexity index is 383. The second kappa shape index (κ2) is 5.74. The van der Waals surface area contributed by atoms with Crippen LogP contribution >= 0.6 is 11.3 Å². The van der Waals surface area contributed by atoms with Gasteiger partial charge in [-0.25, -0.2) is 4.98 Å². The number of ether oxygens (including phenoxy) is 1. The van der Waals surface area contributed by atoms with Gasteiger partial charge in [0, 0.05) is 20.2 Å². The molecule has 0 spiro atoms. The van der Waals surface area contributed by atoms with Gasteiger partial charge in [-0.05, 0) is 18.8 Å². The zero-order chi connectivity index (χ0) is 12.3. The molecule has 2 rings (SSSR count). The smallest absolute Gasteiger partial charge is 0.171 e. The molecular formula is C13H19NO2S. The van der Waals surface area contributed by atoms with Gasteiger partial charge in [-0.3, -0.25) is 4.79 Å². The van der Waals surface area contributed by atoms with Crippen molar-refractivity contribution >= 4 is 17.1 Å². The van der Waals surface area contributed by atoms with Crippen LogP contribution in [-0.4, -0.2) is 17.9 Å². The minimum Gasteiger partial charge on any atom is -0.374 e. The number of ketones is 1. The van der Waals surface area contributed by atoms with Crippen LogP contribution in [0.25, 0.3) is 0 Å². The SMILES string of the molecule is COC(c1ncc(C(C)=O)s1)C1CCCCC1. The second-order valence-corrected chi connectivity index (χ2v) is 5.74. The Morgan fingerprint density at radius 1 is 1.47 bits per heavy atom. The quantitative estimate of drug-likeness (QED) is 0.769. The minimum atomic E-state index is 0.0772. The predicted octanol–water partition coefficient (Wildman–Crippen LogP) is 3.61. The van der Waals surface area contributed by atoms with Crippen molar-refractivity contribution in [3.05, 3.63) is 16.1 Å². The maximum atomic E-state index is 11.3. The minimum absolute atomic E-state index is 0.0772. The summed E-state index contributed by atoms with van der Waals surface area (Å²) in [6.45, 7) is 1.58. The lowest BCUT2D eigenvalue weighted by atomic mass is 9.85. The van der Waals surface area contributed by atoms with Crippen molar-refractivity contribution < 1.29 is 9.53 Å². The van der Waals surface area contributed by atoms with E-state index in [-0.39, 0.29) is 11.9 Å². The van der Waals surface area contributed by atoms with E-state index in [9.17, 15) is 4.79 Å². The first-order chi connectivity index (χ1) is 8.22. The molecule has 1 saturated carbocycles. The van der Waals surface area contributed by atoms with E-state index in [1.807, 2.05) is 0 Å². The Hall–Kier alpha value is -0.740. The van der Waals surface area contributed by atoms with Crippen LogP contribution in [0.1, 0.15) is 59.8 Å². The number of Topliss-reactive ketones (excluding diaryl/α,β-unsaturated/α-hetero) is 1. The second-order valence-electron chi connectivity index (χ2n) is 4.67. The first kappa shape index (κ1) is 12.7. The lowest BCUT2D eigenvalue weighted by molar-refractivity contribution is 0.0352. The molecule has 1 heterocycles. The van der Waals surface area contributed by atoms with Gasteiger partial charge in [0.25, 0.3) is 0 Å². The lowest BCUT2D eigenvalue weighted by Gasteiger charge is -2.27. The molecule has 4 heteroatoms. The topological polar surface area (TPSA) is 39.2 Å². The van der Waals surface area contributed by atoms with Gasteiger partial charge in [-0.2, -0.15) is 0 Å². The van der Waals surface area contributed by atoms with Crippen molar-refractivity contribution in [1.82, 2.24) is 4.98 Å². The highest BCUT2D eigenvalue weighted by molar-refractivity contribution is 7.13. The van der Waals surface area contributed by atoms with E-state index in [0.29, 0.717) is 5.92 Å². The average Bonchev–Trinajstić information content (AvgIpc) is 2.81. The van der Waals surface area contributed by atoms with Gasteiger partial charge in [-0.1, -0.05) is 19.3 Å². The highest BCUT2D eigenvalue weighted by Crippen LogP contribution is 2.37. The van der Waals surface area contributed by atoms with E-state index in [0.717, 1.165) is 9.88 Å². The number of thiazole rings is 1. The molecule has 94 valence electrons. The van der Waals surface area contributed by atoms with Crippen LogP contribution in [0.4, 0.5) is 0 Å². The third-order valence-corrected chi connectivity index (χ3v) is 4.61. The van der Waals surface area contributed by atoms with Crippen LogP contribution in [0.15, 0.2) is 6.20 Å². The molecule has 0 N–H and O–H groups in total. The van der Waals surface area contributed by atoms with Gasteiger partial charge < -0.3 is 4.74 Å². The molecule has 0 saturated heterocycles. The molecule has 0 aliphatic heterocycles. The fourth-order valence-corrected chi connectivity index (χ4v) is 3.50. The summed E-state index contributed by atoms with van der Waals surface area (Å²) in [5.74, 6) is 0.659. The van der Waals surface area contributed by atoms with Gasteiger partial charge in [0.05, 0.1) is 4.88 Å². The number of hydrogen-bond donors (Lipinski definition) is 0. The van der Waals surface area contributed by atoms with Crippen LogP contribution in [0.2, 0.25) is 0 Å². The molecule has 1 aromatic heterocycles. The van der Waals surface area contributed by atoms with Crippen LogP contribution in [0, 0.1) is 5.92 Å². The Morgan fingerprint density at radius 3 is 2.71 bits per heavy atom. The number of carbonyl (C=O) groups excluding carboxylic acids is 1. The number of nitrogens with zero attached hydrogens (tertiary/aromatic N) is 1. The van der Waals surface area contributed by atoms with E-state index in [1.165, 1.54) is 43.4 Å². The molecule has 0 bridgehead atoms. The molecule has 3 nitrogen and oxygen atoms in total. The van der Waals surface area contributed by atoms with Crippen LogP contribution in [-0.2, 0) is 4.74 Å². The highest BCUT2D eigenvalue weighted by atomic mass is 32.1. The summed E-state index contributed by atoms with van der Waals surface area (Å²) in [7, 11) is 1.74. The summed E-state index contributed by atoms with van der Waals surface area (Å²) in [5, 5.41) is 0.963. The summed E-state index contributed by atoms with van der Waals surface area (Å²) in [6.07, 6.45) is 8.10. The number of methoxy groups -OCH3 is 1. The zero-order valence-electron chi connectivity index (χ0n) is 10.4. The van der Waals surface area contributed by atoms with E-state index in [1.54, 1.807) is 20.2 Å². The normalized spacial score (nSPS) is 19.2. The summed E-state index contributed by atoms with van der Waals surface area (Å²) >= 11 is 1.48. The molecule has 0 radical (unpaired) electrons. The molecule has 1 atom stereocenters. The number of rotatable bonds is 4. The van der Waals surface area contributed by atoms with Gasteiger partial charge in [0.1, 0.15) is 11.1 Å². The summed E-state index contributed by atoms with van der Waals surface area (Å²) in [5.41, 5.74) is 0. The maximum Gasteiger partial charge on any atom is 0.171 e. The van der Waals surface area contributed by atoms with Gasteiger partial charge >= 0.3 is 0 Å². The third kappa shape index (κ3) is 2.93. The first-order valence-corrected chi connectivity index (χ1v) is 7.03. The summed E-state index contributed by atoms with van der Waals surface area (Å²) in [4.78, 5) is 16.4. The number of carbonyl (C=O) groups is 1. The van der Waals surface area contributed by atoms with Crippen LogP contribution in [0.3, 0.4) is 0 Å². The zero-order valence-corrected chi connectivity index (χ0v) is 11.3. The number of hydrogen-bond acceptors (Lipinski definition) is 4. The summed E-state index contributed by atoms with van der Waals surface area (Å²) < 4.78 is 5.61. The molecule has 0 amide bonds. The van der Waals surface area contributed by atoms with Crippen molar-refractivity contribution in [3.63, 3.8) is 0 Å². The molecule has 0 aromatic carbocycles. The van der Waals surface area contributed by atoms with E-state index < -0.39 is 0 Å². The van der Waals surface area contributed by atoms with E-state index in [2.05, 4.69) is 4.98 Å². The molecule has 1 fully saturated rings. The van der Waals surface area contributed by atoms with Gasteiger partial charge in [-0.15, -0.1) is 11.3 Å². The van der Waals surface area contributed by atoms with Crippen molar-refractivity contribution in [1.29, 1.82) is 0 Å². The van der Waals surface area contributed by atoms with Crippen molar-refractivity contribution in [2.24, 2.45) is 5.92 Å².